The molecular formula is C25H30N4O2S2. The molecule has 0 unspecified atom stereocenters. The summed E-state index contributed by atoms with van der Waals surface area (Å²) in [5.74, 6) is 2.38. The molecule has 1 aliphatic heterocycles. The predicted molar refractivity (Wildman–Crippen MR) is 133 cm³/mol. The Morgan fingerprint density at radius 3 is 2.64 bits per heavy atom. The van der Waals surface area contributed by atoms with E-state index in [4.69, 9.17) is 4.98 Å². The lowest BCUT2D eigenvalue weighted by Crippen LogP contribution is -2.29. The molecule has 3 aromatic rings. The van der Waals surface area contributed by atoms with Crippen LogP contribution in [-0.4, -0.2) is 56.3 Å². The van der Waals surface area contributed by atoms with E-state index in [0.717, 1.165) is 38.8 Å². The quantitative estimate of drug-likeness (QED) is 0.523. The van der Waals surface area contributed by atoms with Crippen LogP contribution in [-0.2, 0) is 12.8 Å². The van der Waals surface area contributed by atoms with Gasteiger partial charge in [-0.1, -0.05) is 6.92 Å². The molecule has 1 saturated carbocycles. The molecule has 0 bridgehead atoms. The fraction of sp³-hybridized carbons (Fsp3) is 0.520. The molecule has 1 N–H and O–H groups in total. The third-order valence-corrected chi connectivity index (χ3v) is 8.76. The number of carbonyl (C=O) groups is 1. The maximum Gasteiger partial charge on any atom is 0.254 e. The summed E-state index contributed by atoms with van der Waals surface area (Å²) < 4.78 is 1.07. The number of aliphatic hydroxyl groups is 1. The Hall–Kier alpha value is -2.03. The number of amides is 1. The van der Waals surface area contributed by atoms with Crippen LogP contribution in [0.15, 0.2) is 35.5 Å². The average molecular weight is 483 g/mol. The first-order valence-corrected chi connectivity index (χ1v) is 13.7. The van der Waals surface area contributed by atoms with Gasteiger partial charge in [0.2, 0.25) is 0 Å². The Morgan fingerprint density at radius 2 is 1.94 bits per heavy atom. The highest BCUT2D eigenvalue weighted by Gasteiger charge is 2.31. The normalized spacial score (nSPS) is 25.2. The van der Waals surface area contributed by atoms with E-state index in [1.165, 1.54) is 19.3 Å². The summed E-state index contributed by atoms with van der Waals surface area (Å²) in [5.41, 5.74) is 1.66. The van der Waals surface area contributed by atoms with Crippen LogP contribution >= 0.6 is 23.1 Å². The van der Waals surface area contributed by atoms with E-state index in [0.29, 0.717) is 30.5 Å². The molecule has 2 fully saturated rings. The standard InChI is InChI=1S/C25H30N4O2S2/c1-15-13-29(14-21(15)30)25(31)18-5-6-20-22(10-18)33-24(28-20)9-17-4-3-16(7-17)8-23-26-11-19(32-2)12-27-23/h5-6,10-12,15-17,21,30H,3-4,7-9,13-14H2,1-2H3/t15-,16-,17-,21-/m0/s1. The van der Waals surface area contributed by atoms with Gasteiger partial charge in [0.1, 0.15) is 5.82 Å². The van der Waals surface area contributed by atoms with Gasteiger partial charge < -0.3 is 10.0 Å². The number of fused-ring (bicyclic) bond motifs is 1. The van der Waals surface area contributed by atoms with Crippen molar-refractivity contribution in [2.75, 3.05) is 19.3 Å². The highest BCUT2D eigenvalue weighted by molar-refractivity contribution is 7.98. The van der Waals surface area contributed by atoms with E-state index in [1.807, 2.05) is 43.8 Å². The smallest absolute Gasteiger partial charge is 0.254 e. The number of carbonyl (C=O) groups excluding carboxylic acids is 1. The van der Waals surface area contributed by atoms with Crippen LogP contribution in [0.3, 0.4) is 0 Å². The zero-order chi connectivity index (χ0) is 22.9. The zero-order valence-electron chi connectivity index (χ0n) is 19.1. The summed E-state index contributed by atoms with van der Waals surface area (Å²) in [5, 5.41) is 11.1. The number of rotatable bonds is 6. The lowest BCUT2D eigenvalue weighted by atomic mass is 9.99. The highest BCUT2D eigenvalue weighted by Crippen LogP contribution is 2.36. The van der Waals surface area contributed by atoms with Gasteiger partial charge in [-0.3, -0.25) is 4.79 Å². The molecule has 1 aromatic carbocycles. The van der Waals surface area contributed by atoms with Crippen LogP contribution in [0.4, 0.5) is 0 Å². The Morgan fingerprint density at radius 1 is 1.18 bits per heavy atom. The lowest BCUT2D eigenvalue weighted by Gasteiger charge is -2.15. The van der Waals surface area contributed by atoms with E-state index >= 15 is 0 Å². The third kappa shape index (κ3) is 5.08. The van der Waals surface area contributed by atoms with Crippen molar-refractivity contribution in [3.8, 4) is 0 Å². The van der Waals surface area contributed by atoms with Crippen LogP contribution in [0.25, 0.3) is 10.2 Å². The molecule has 174 valence electrons. The predicted octanol–water partition coefficient (Wildman–Crippen LogP) is 4.46. The largest absolute Gasteiger partial charge is 0.391 e. The van der Waals surface area contributed by atoms with E-state index < -0.39 is 6.10 Å². The molecule has 4 atom stereocenters. The molecule has 2 aliphatic rings. The first-order valence-electron chi connectivity index (χ1n) is 11.7. The molecule has 6 nitrogen and oxygen atoms in total. The van der Waals surface area contributed by atoms with Gasteiger partial charge in [0.05, 0.1) is 21.3 Å². The third-order valence-electron chi connectivity index (χ3n) is 7.04. The van der Waals surface area contributed by atoms with Gasteiger partial charge in [0, 0.05) is 54.7 Å². The second-order valence-corrected chi connectivity index (χ2v) is 11.5. The first kappa shape index (κ1) is 22.7. The summed E-state index contributed by atoms with van der Waals surface area (Å²) in [6.45, 7) is 3.02. The van der Waals surface area contributed by atoms with Gasteiger partial charge in [-0.2, -0.15) is 0 Å². The van der Waals surface area contributed by atoms with Gasteiger partial charge >= 0.3 is 0 Å². The van der Waals surface area contributed by atoms with Gasteiger partial charge in [0.15, 0.2) is 0 Å². The molecule has 3 heterocycles. The van der Waals surface area contributed by atoms with Crippen LogP contribution in [0.2, 0.25) is 0 Å². The lowest BCUT2D eigenvalue weighted by molar-refractivity contribution is 0.0765. The summed E-state index contributed by atoms with van der Waals surface area (Å²) in [6.07, 6.45) is 11.1. The number of likely N-dealkylation sites (tertiary alicyclic amines) is 1. The summed E-state index contributed by atoms with van der Waals surface area (Å²) in [7, 11) is 0. The molecule has 8 heteroatoms. The number of nitrogens with zero attached hydrogens (tertiary/aromatic N) is 4. The minimum Gasteiger partial charge on any atom is -0.391 e. The molecular weight excluding hydrogens is 452 g/mol. The van der Waals surface area contributed by atoms with Crippen molar-refractivity contribution < 1.29 is 9.90 Å². The van der Waals surface area contributed by atoms with Crippen molar-refractivity contribution in [3.05, 3.63) is 47.0 Å². The summed E-state index contributed by atoms with van der Waals surface area (Å²) >= 11 is 3.38. The monoisotopic (exact) mass is 482 g/mol. The molecule has 1 saturated heterocycles. The number of hydrogen-bond acceptors (Lipinski definition) is 7. The number of benzene rings is 1. The van der Waals surface area contributed by atoms with E-state index in [1.54, 1.807) is 28.0 Å². The SMILES string of the molecule is CSc1cnc(C[C@H]2CC[C@H](Cc3nc4ccc(C(=O)N5C[C@H](C)[C@@H](O)C5)cc4s3)C2)nc1. The number of aliphatic hydroxyl groups excluding tert-OH is 1. The summed E-state index contributed by atoms with van der Waals surface area (Å²) in [4.78, 5) is 29.6. The van der Waals surface area contributed by atoms with Crippen LogP contribution < -0.4 is 0 Å². The van der Waals surface area contributed by atoms with E-state index in [-0.39, 0.29) is 11.8 Å². The van der Waals surface area contributed by atoms with Crippen molar-refractivity contribution in [1.29, 1.82) is 0 Å². The Kier molecular flexibility index (Phi) is 6.67. The number of aromatic nitrogens is 3. The summed E-state index contributed by atoms with van der Waals surface area (Å²) in [6, 6.07) is 5.81. The number of thiazole rings is 1. The fourth-order valence-electron chi connectivity index (χ4n) is 5.10. The molecule has 1 amide bonds. The molecule has 0 spiro atoms. The molecule has 2 aromatic heterocycles. The van der Waals surface area contributed by atoms with Gasteiger partial charge in [-0.25, -0.2) is 15.0 Å². The van der Waals surface area contributed by atoms with Crippen molar-refractivity contribution >= 4 is 39.2 Å². The van der Waals surface area contributed by atoms with Crippen molar-refractivity contribution in [1.82, 2.24) is 19.9 Å². The van der Waals surface area contributed by atoms with Crippen molar-refractivity contribution in [2.24, 2.45) is 17.8 Å². The maximum absolute atomic E-state index is 12.9. The minimum atomic E-state index is -0.427. The van der Waals surface area contributed by atoms with Crippen LogP contribution in [0.5, 0.6) is 0 Å². The minimum absolute atomic E-state index is 0.00154. The van der Waals surface area contributed by atoms with Crippen molar-refractivity contribution in [2.45, 2.75) is 50.0 Å². The number of hydrogen-bond donors (Lipinski definition) is 1. The van der Waals surface area contributed by atoms with Crippen molar-refractivity contribution in [3.63, 3.8) is 0 Å². The topological polar surface area (TPSA) is 79.2 Å². The fourth-order valence-corrected chi connectivity index (χ4v) is 6.54. The van der Waals surface area contributed by atoms with Crippen LogP contribution in [0.1, 0.15) is 47.4 Å². The maximum atomic E-state index is 12.9. The van der Waals surface area contributed by atoms with E-state index in [2.05, 4.69) is 9.97 Å². The Labute approximate surface area is 202 Å². The molecule has 0 radical (unpaired) electrons. The first-order chi connectivity index (χ1) is 16.0. The van der Waals surface area contributed by atoms with Gasteiger partial charge in [-0.05, 0) is 55.6 Å². The highest BCUT2D eigenvalue weighted by atomic mass is 32.2. The Bertz CT molecular complexity index is 1120. The second-order valence-electron chi connectivity index (χ2n) is 9.54. The van der Waals surface area contributed by atoms with Gasteiger partial charge in [0.25, 0.3) is 5.91 Å². The second kappa shape index (κ2) is 9.68. The van der Waals surface area contributed by atoms with Gasteiger partial charge in [-0.15, -0.1) is 23.1 Å². The molecule has 33 heavy (non-hydrogen) atoms. The Balaban J connectivity index is 1.20. The van der Waals surface area contributed by atoms with E-state index in [9.17, 15) is 9.90 Å². The number of β-amino-alcohol motifs (C(OH)–C–C–N with tert-alkyl or cyclic N) is 1. The van der Waals surface area contributed by atoms with Crippen LogP contribution in [0, 0.1) is 17.8 Å². The average Bonchev–Trinajstić information content (AvgIpc) is 3.52. The number of thioether (sulfide) groups is 1. The molecule has 1 aliphatic carbocycles. The molecule has 5 rings (SSSR count). The zero-order valence-corrected chi connectivity index (χ0v) is 20.7.